The standard InChI is InChI=1S/C43H47FN6O9S/c44-27-17-20-34-31(21-27)35-36(59-34)39(47-37(46-35)25-11-5-4-6-12-25)57-29-22-33-38(51)48-43(41(53)49-60(55,56)30-18-19-30)23-26(43)13-7-2-1-3-8-16-32(40(52)50(33)24-29)45-42(54)58-28-14-9-10-15-28/h4-7,11-13,17,20-21,26,28-30,32-33H,1-3,8-10,14-16,18-19,22-24H2,(H,45,54)(H,48,51)(H,49,53)/b13-7-/t26-,29-,32+,33+,43-/m1/s1. The monoisotopic (exact) mass is 842 g/mol. The fraction of sp³-hybridized carbons (Fsp3) is 0.488. The minimum atomic E-state index is -3.94. The van der Waals surface area contributed by atoms with Crippen molar-refractivity contribution in [3.05, 3.63) is 66.5 Å². The lowest BCUT2D eigenvalue weighted by atomic mass is 10.0. The largest absolute Gasteiger partial charge is 0.470 e. The van der Waals surface area contributed by atoms with Gasteiger partial charge in [0.05, 0.1) is 11.8 Å². The van der Waals surface area contributed by atoms with Gasteiger partial charge in [-0.3, -0.25) is 19.1 Å². The molecule has 3 N–H and O–H groups in total. The van der Waals surface area contributed by atoms with Crippen LogP contribution >= 0.6 is 0 Å². The number of halogens is 1. The molecule has 0 bridgehead atoms. The van der Waals surface area contributed by atoms with Gasteiger partial charge in [0.15, 0.2) is 5.82 Å². The number of carbonyl (C=O) groups is 4. The molecule has 17 heteroatoms. The number of ether oxygens (including phenoxy) is 2. The number of hydrogen-bond donors (Lipinski definition) is 3. The maximum absolute atomic E-state index is 14.7. The molecule has 0 radical (unpaired) electrons. The molecule has 316 valence electrons. The van der Waals surface area contributed by atoms with Crippen LogP contribution in [-0.2, 0) is 29.1 Å². The summed E-state index contributed by atoms with van der Waals surface area (Å²) in [7, 11) is -3.94. The van der Waals surface area contributed by atoms with Gasteiger partial charge in [0.1, 0.15) is 46.7 Å². The van der Waals surface area contributed by atoms with E-state index in [4.69, 9.17) is 23.9 Å². The first-order chi connectivity index (χ1) is 29.0. The number of aromatic nitrogens is 2. The number of furan rings is 1. The second kappa shape index (κ2) is 16.1. The first-order valence-corrected chi connectivity index (χ1v) is 22.5. The van der Waals surface area contributed by atoms with Crippen molar-refractivity contribution in [2.24, 2.45) is 5.92 Å². The van der Waals surface area contributed by atoms with Crippen LogP contribution in [0.5, 0.6) is 5.88 Å². The molecule has 5 aliphatic rings. The van der Waals surface area contributed by atoms with E-state index in [0.29, 0.717) is 47.7 Å². The molecule has 2 aromatic heterocycles. The number of benzene rings is 2. The quantitative estimate of drug-likeness (QED) is 0.188. The normalized spacial score (nSPS) is 27.0. The van der Waals surface area contributed by atoms with Gasteiger partial charge < -0.3 is 29.4 Å². The van der Waals surface area contributed by atoms with Crippen molar-refractivity contribution in [1.29, 1.82) is 0 Å². The summed E-state index contributed by atoms with van der Waals surface area (Å²) in [4.78, 5) is 67.2. The Balaban J connectivity index is 1.06. The highest BCUT2D eigenvalue weighted by Gasteiger charge is 2.62. The number of allylic oxidation sites excluding steroid dienone is 1. The molecular weight excluding hydrogens is 796 g/mol. The van der Waals surface area contributed by atoms with Crippen LogP contribution in [0.25, 0.3) is 33.5 Å². The number of carbonyl (C=O) groups excluding carboxylic acids is 4. The summed E-state index contributed by atoms with van der Waals surface area (Å²) in [5.74, 6) is -2.70. The van der Waals surface area contributed by atoms with Crippen molar-refractivity contribution in [2.45, 2.75) is 119 Å². The highest BCUT2D eigenvalue weighted by Crippen LogP contribution is 2.46. The van der Waals surface area contributed by atoms with Crippen LogP contribution in [0.4, 0.5) is 9.18 Å². The molecule has 60 heavy (non-hydrogen) atoms. The Morgan fingerprint density at radius 1 is 0.950 bits per heavy atom. The van der Waals surface area contributed by atoms with Crippen molar-refractivity contribution in [3.63, 3.8) is 0 Å². The zero-order chi connectivity index (χ0) is 41.6. The number of nitrogens with zero attached hydrogens (tertiary/aromatic N) is 3. The van der Waals surface area contributed by atoms with Crippen LogP contribution in [0.1, 0.15) is 83.5 Å². The fourth-order valence-corrected chi connectivity index (χ4v) is 10.1. The van der Waals surface area contributed by atoms with Gasteiger partial charge in [0.25, 0.3) is 11.8 Å². The smallest absolute Gasteiger partial charge is 0.408 e. The topological polar surface area (TPSA) is 199 Å². The number of rotatable bonds is 8. The lowest BCUT2D eigenvalue weighted by Crippen LogP contribution is -2.58. The van der Waals surface area contributed by atoms with Gasteiger partial charge in [0, 0.05) is 23.3 Å². The lowest BCUT2D eigenvalue weighted by Gasteiger charge is -2.30. The van der Waals surface area contributed by atoms with Gasteiger partial charge in [-0.05, 0) is 82.4 Å². The minimum Gasteiger partial charge on any atom is -0.470 e. The minimum absolute atomic E-state index is 0.0133. The Bertz CT molecular complexity index is 2470. The fourth-order valence-electron chi connectivity index (χ4n) is 8.73. The summed E-state index contributed by atoms with van der Waals surface area (Å²) in [5, 5.41) is 5.42. The first kappa shape index (κ1) is 39.9. The number of hydrogen-bond acceptors (Lipinski definition) is 11. The van der Waals surface area contributed by atoms with Crippen LogP contribution < -0.4 is 20.1 Å². The summed E-state index contributed by atoms with van der Waals surface area (Å²) in [6.07, 6.45) is 9.44. The number of alkyl carbamates (subject to hydrolysis) is 1. The third kappa shape index (κ3) is 8.15. The second-order valence-electron chi connectivity index (χ2n) is 16.6. The predicted octanol–water partition coefficient (Wildman–Crippen LogP) is 5.57. The predicted molar refractivity (Wildman–Crippen MR) is 216 cm³/mol. The number of amides is 4. The Morgan fingerprint density at radius 3 is 2.52 bits per heavy atom. The molecule has 4 fully saturated rings. The molecule has 2 aliphatic heterocycles. The van der Waals surface area contributed by atoms with Crippen molar-refractivity contribution in [3.8, 4) is 17.3 Å². The Labute approximate surface area is 345 Å². The van der Waals surface area contributed by atoms with Gasteiger partial charge >= 0.3 is 6.09 Å². The molecule has 15 nitrogen and oxygen atoms in total. The van der Waals surface area contributed by atoms with E-state index in [1.807, 2.05) is 42.5 Å². The highest BCUT2D eigenvalue weighted by molar-refractivity contribution is 7.91. The van der Waals surface area contributed by atoms with Crippen molar-refractivity contribution in [1.82, 2.24) is 30.2 Å². The second-order valence-corrected chi connectivity index (χ2v) is 18.6. The maximum Gasteiger partial charge on any atom is 0.408 e. The molecule has 3 saturated carbocycles. The number of nitrogens with one attached hydrogen (secondary N) is 3. The van der Waals surface area contributed by atoms with E-state index in [2.05, 4.69) is 15.4 Å². The van der Waals surface area contributed by atoms with Crippen molar-refractivity contribution < 1.29 is 45.9 Å². The van der Waals surface area contributed by atoms with Crippen LogP contribution in [0.2, 0.25) is 0 Å². The van der Waals surface area contributed by atoms with E-state index in [1.54, 1.807) is 0 Å². The van der Waals surface area contributed by atoms with Crippen LogP contribution in [0.3, 0.4) is 0 Å². The molecule has 3 aliphatic carbocycles. The molecule has 0 unspecified atom stereocenters. The van der Waals surface area contributed by atoms with Crippen LogP contribution in [0, 0.1) is 11.7 Å². The van der Waals surface area contributed by atoms with E-state index in [9.17, 15) is 32.0 Å². The summed E-state index contributed by atoms with van der Waals surface area (Å²) >= 11 is 0. The van der Waals surface area contributed by atoms with Gasteiger partial charge in [0.2, 0.25) is 27.4 Å². The number of sulfonamides is 1. The molecule has 4 amide bonds. The zero-order valence-corrected chi connectivity index (χ0v) is 33.8. The summed E-state index contributed by atoms with van der Waals surface area (Å²) < 4.78 is 61.0. The van der Waals surface area contributed by atoms with Gasteiger partial charge in [-0.15, -0.1) is 0 Å². The first-order valence-electron chi connectivity index (χ1n) is 20.9. The third-order valence-electron chi connectivity index (χ3n) is 12.3. The van der Waals surface area contributed by atoms with E-state index in [1.165, 1.54) is 23.1 Å². The third-order valence-corrected chi connectivity index (χ3v) is 14.1. The highest BCUT2D eigenvalue weighted by atomic mass is 32.2. The molecule has 5 atom stereocenters. The van der Waals surface area contributed by atoms with Gasteiger partial charge in [-0.2, -0.15) is 4.98 Å². The van der Waals surface area contributed by atoms with E-state index >= 15 is 0 Å². The van der Waals surface area contributed by atoms with Gasteiger partial charge in [-0.1, -0.05) is 55.3 Å². The van der Waals surface area contributed by atoms with Crippen LogP contribution in [-0.4, -0.2) is 88.7 Å². The molecule has 2 aromatic carbocycles. The molecular formula is C43H47FN6O9S. The Morgan fingerprint density at radius 2 is 1.73 bits per heavy atom. The molecule has 1 saturated heterocycles. The SMILES string of the molecule is O=C(N[C@H]1CCCCC/C=C\[C@@H]2C[C@@]2(C(=O)NS(=O)(=O)C2CC2)NC(=O)[C@@H]2C[C@@H](Oc3nc(-c4ccccc4)nc4c3oc3ccc(F)cc34)CN2C1=O)OC1CCCC1. The summed E-state index contributed by atoms with van der Waals surface area (Å²) in [6.45, 7) is -0.119. The average molecular weight is 843 g/mol. The van der Waals surface area contributed by atoms with E-state index in [-0.39, 0.29) is 49.2 Å². The molecule has 9 rings (SSSR count). The molecule has 4 aromatic rings. The van der Waals surface area contributed by atoms with Crippen molar-refractivity contribution in [2.75, 3.05) is 6.54 Å². The number of fused-ring (bicyclic) bond motifs is 5. The maximum atomic E-state index is 14.7. The Kier molecular flexibility index (Phi) is 10.7. The molecule has 4 heterocycles. The van der Waals surface area contributed by atoms with Gasteiger partial charge in [-0.25, -0.2) is 22.6 Å². The molecule has 0 spiro atoms. The zero-order valence-electron chi connectivity index (χ0n) is 32.9. The Hall–Kier alpha value is -5.58. The lowest BCUT2D eigenvalue weighted by molar-refractivity contribution is -0.141. The van der Waals surface area contributed by atoms with Crippen molar-refractivity contribution >= 4 is 55.9 Å². The summed E-state index contributed by atoms with van der Waals surface area (Å²) in [6, 6.07) is 11.0. The summed E-state index contributed by atoms with van der Waals surface area (Å²) in [5.41, 5.74) is -0.101. The average Bonchev–Trinajstić information content (AvgIpc) is 4.05. The van der Waals surface area contributed by atoms with Crippen LogP contribution in [0.15, 0.2) is 65.1 Å². The van der Waals surface area contributed by atoms with E-state index < -0.39 is 74.5 Å². The van der Waals surface area contributed by atoms with E-state index in [0.717, 1.165) is 38.5 Å².